The van der Waals surface area contributed by atoms with Crippen LogP contribution in [0.15, 0.2) is 40.9 Å². The summed E-state index contributed by atoms with van der Waals surface area (Å²) >= 11 is 5.80. The van der Waals surface area contributed by atoms with E-state index < -0.39 is 11.9 Å². The number of nitrogens with zero attached hydrogens (tertiary/aromatic N) is 2. The average Bonchev–Trinajstić information content (AvgIpc) is 3.01. The molecule has 0 amide bonds. The summed E-state index contributed by atoms with van der Waals surface area (Å²) in [6, 6.07) is 6.89. The molecule has 2 rings (SSSR count). The van der Waals surface area contributed by atoms with Crippen molar-refractivity contribution in [2.24, 2.45) is 0 Å². The van der Waals surface area contributed by atoms with Crippen molar-refractivity contribution < 1.29 is 23.6 Å². The molecule has 0 spiro atoms. The second-order valence-electron chi connectivity index (χ2n) is 4.21. The smallest absolute Gasteiger partial charge is 0.331 e. The summed E-state index contributed by atoms with van der Waals surface area (Å²) in [6.45, 7) is 1.69. The van der Waals surface area contributed by atoms with Gasteiger partial charge in [0.05, 0.1) is 6.61 Å². The largest absolute Gasteiger partial charge is 0.463 e. The molecule has 0 aliphatic heterocycles. The monoisotopic (exact) mass is 336 g/mol. The van der Waals surface area contributed by atoms with E-state index in [1.165, 1.54) is 0 Å². The first-order chi connectivity index (χ1) is 11.1. The fraction of sp³-hybridized carbons (Fsp3) is 0.200. The van der Waals surface area contributed by atoms with Gasteiger partial charge in [0.2, 0.25) is 5.82 Å². The molecule has 8 heteroatoms. The quantitative estimate of drug-likeness (QED) is 0.591. The number of benzene rings is 1. The summed E-state index contributed by atoms with van der Waals surface area (Å²) in [4.78, 5) is 26.5. The summed E-state index contributed by atoms with van der Waals surface area (Å²) in [7, 11) is 0. The molecule has 120 valence electrons. The minimum absolute atomic E-state index is 0.132. The maximum Gasteiger partial charge on any atom is 0.331 e. The Bertz CT molecular complexity index is 709. The summed E-state index contributed by atoms with van der Waals surface area (Å²) in [5, 5.41) is 4.38. The second-order valence-corrected chi connectivity index (χ2v) is 4.65. The molecule has 23 heavy (non-hydrogen) atoms. The standard InChI is InChI=1S/C15H13ClN2O5/c1-2-21-13(19)7-8-14(20)22-9-12-17-15(18-23-12)10-3-5-11(16)6-4-10/h3-8H,2,9H2,1H3/b8-7-. The molecule has 1 aromatic heterocycles. The molecule has 0 atom stereocenters. The zero-order valence-corrected chi connectivity index (χ0v) is 12.9. The van der Waals surface area contributed by atoms with Gasteiger partial charge in [0, 0.05) is 22.7 Å². The third-order valence-corrected chi connectivity index (χ3v) is 2.80. The number of rotatable bonds is 6. The molecule has 0 saturated heterocycles. The van der Waals surface area contributed by atoms with Gasteiger partial charge in [0.25, 0.3) is 5.89 Å². The highest BCUT2D eigenvalue weighted by Gasteiger charge is 2.10. The van der Waals surface area contributed by atoms with Crippen molar-refractivity contribution in [1.82, 2.24) is 10.1 Å². The molecular formula is C15H13ClN2O5. The summed E-state index contributed by atoms with van der Waals surface area (Å²) in [6.07, 6.45) is 1.95. The van der Waals surface area contributed by atoms with E-state index in [0.29, 0.717) is 10.8 Å². The first-order valence-electron chi connectivity index (χ1n) is 6.68. The molecule has 0 aliphatic carbocycles. The predicted octanol–water partition coefficient (Wildman–Crippen LogP) is 2.55. The van der Waals surface area contributed by atoms with Gasteiger partial charge in [-0.3, -0.25) is 0 Å². The molecule has 0 radical (unpaired) electrons. The highest BCUT2D eigenvalue weighted by atomic mass is 35.5. The van der Waals surface area contributed by atoms with Gasteiger partial charge in [0.15, 0.2) is 6.61 Å². The average molecular weight is 337 g/mol. The maximum atomic E-state index is 11.4. The summed E-state index contributed by atoms with van der Waals surface area (Å²) in [5.74, 6) is -0.848. The first kappa shape index (κ1) is 16.7. The van der Waals surface area contributed by atoms with Crippen LogP contribution in [0.5, 0.6) is 0 Å². The Kier molecular flexibility index (Phi) is 5.87. The van der Waals surface area contributed by atoms with Crippen molar-refractivity contribution >= 4 is 23.5 Å². The van der Waals surface area contributed by atoms with E-state index in [4.69, 9.17) is 20.9 Å². The van der Waals surface area contributed by atoms with Gasteiger partial charge in [-0.25, -0.2) is 9.59 Å². The van der Waals surface area contributed by atoms with Gasteiger partial charge in [-0.1, -0.05) is 16.8 Å². The van der Waals surface area contributed by atoms with Crippen molar-refractivity contribution in [3.8, 4) is 11.4 Å². The number of esters is 2. The van der Waals surface area contributed by atoms with E-state index in [1.54, 1.807) is 31.2 Å². The number of carbonyl (C=O) groups is 2. The Labute approximate surface area is 136 Å². The summed E-state index contributed by atoms with van der Waals surface area (Å²) in [5.41, 5.74) is 0.720. The van der Waals surface area contributed by atoms with E-state index >= 15 is 0 Å². The van der Waals surface area contributed by atoms with Crippen molar-refractivity contribution in [2.75, 3.05) is 6.61 Å². The normalized spacial score (nSPS) is 10.7. The van der Waals surface area contributed by atoms with Gasteiger partial charge in [-0.2, -0.15) is 4.98 Å². The van der Waals surface area contributed by atoms with Crippen LogP contribution in [-0.4, -0.2) is 28.7 Å². The van der Waals surface area contributed by atoms with Gasteiger partial charge in [-0.05, 0) is 31.2 Å². The molecule has 2 aromatic rings. The number of aromatic nitrogens is 2. The lowest BCUT2D eigenvalue weighted by Gasteiger charge is -1.97. The SMILES string of the molecule is CCOC(=O)/C=C\C(=O)OCc1nc(-c2ccc(Cl)cc2)no1. The van der Waals surface area contributed by atoms with Crippen molar-refractivity contribution in [3.05, 3.63) is 47.3 Å². The molecule has 0 saturated carbocycles. The fourth-order valence-corrected chi connectivity index (χ4v) is 1.66. The lowest BCUT2D eigenvalue weighted by Crippen LogP contribution is -2.04. The lowest BCUT2D eigenvalue weighted by atomic mass is 10.2. The number of ether oxygens (including phenoxy) is 2. The molecular weight excluding hydrogens is 324 g/mol. The van der Waals surface area contributed by atoms with Crippen molar-refractivity contribution in [1.29, 1.82) is 0 Å². The lowest BCUT2D eigenvalue weighted by molar-refractivity contribution is -0.141. The molecule has 0 bridgehead atoms. The van der Waals surface area contributed by atoms with Gasteiger partial charge in [0.1, 0.15) is 0 Å². The van der Waals surface area contributed by atoms with Gasteiger partial charge < -0.3 is 14.0 Å². The van der Waals surface area contributed by atoms with Crippen LogP contribution in [0, 0.1) is 0 Å². The van der Waals surface area contributed by atoms with Crippen LogP contribution in [0.4, 0.5) is 0 Å². The topological polar surface area (TPSA) is 91.5 Å². The van der Waals surface area contributed by atoms with Crippen molar-refractivity contribution in [3.63, 3.8) is 0 Å². The zero-order chi connectivity index (χ0) is 16.7. The third kappa shape index (κ3) is 5.23. The minimum atomic E-state index is -0.718. The maximum absolute atomic E-state index is 11.4. The second kappa shape index (κ2) is 8.09. The molecule has 0 aliphatic rings. The molecule has 0 unspecified atom stereocenters. The number of carbonyl (C=O) groups excluding carboxylic acids is 2. The minimum Gasteiger partial charge on any atom is -0.463 e. The zero-order valence-electron chi connectivity index (χ0n) is 12.2. The first-order valence-corrected chi connectivity index (χ1v) is 7.06. The van der Waals surface area contributed by atoms with Crippen LogP contribution in [0.1, 0.15) is 12.8 Å². The van der Waals surface area contributed by atoms with E-state index in [0.717, 1.165) is 17.7 Å². The van der Waals surface area contributed by atoms with Crippen LogP contribution in [-0.2, 0) is 25.7 Å². The highest BCUT2D eigenvalue weighted by molar-refractivity contribution is 6.30. The van der Waals surface area contributed by atoms with Crippen LogP contribution < -0.4 is 0 Å². The Hall–Kier alpha value is -2.67. The summed E-state index contributed by atoms with van der Waals surface area (Å²) < 4.78 is 14.5. The molecule has 1 aromatic carbocycles. The molecule has 1 heterocycles. The van der Waals surface area contributed by atoms with Crippen LogP contribution >= 0.6 is 11.6 Å². The van der Waals surface area contributed by atoms with E-state index in [9.17, 15) is 9.59 Å². The van der Waals surface area contributed by atoms with Crippen LogP contribution in [0.25, 0.3) is 11.4 Å². The highest BCUT2D eigenvalue weighted by Crippen LogP contribution is 2.18. The predicted molar refractivity (Wildman–Crippen MR) is 80.3 cm³/mol. The van der Waals surface area contributed by atoms with E-state index in [1.807, 2.05) is 0 Å². The van der Waals surface area contributed by atoms with E-state index in [-0.39, 0.29) is 19.1 Å². The fourth-order valence-electron chi connectivity index (χ4n) is 1.54. The third-order valence-electron chi connectivity index (χ3n) is 2.55. The van der Waals surface area contributed by atoms with Gasteiger partial charge in [-0.15, -0.1) is 0 Å². The molecule has 0 N–H and O–H groups in total. The van der Waals surface area contributed by atoms with E-state index in [2.05, 4.69) is 14.9 Å². The van der Waals surface area contributed by atoms with Crippen LogP contribution in [0.2, 0.25) is 5.02 Å². The molecule has 7 nitrogen and oxygen atoms in total. The number of hydrogen-bond acceptors (Lipinski definition) is 7. The Morgan fingerprint density at radius 1 is 1.17 bits per heavy atom. The Balaban J connectivity index is 1.88. The Morgan fingerprint density at radius 2 is 1.83 bits per heavy atom. The Morgan fingerprint density at radius 3 is 2.48 bits per heavy atom. The number of halogens is 1. The molecule has 0 fully saturated rings. The number of hydrogen-bond donors (Lipinski definition) is 0. The van der Waals surface area contributed by atoms with Crippen molar-refractivity contribution in [2.45, 2.75) is 13.5 Å². The van der Waals surface area contributed by atoms with Gasteiger partial charge >= 0.3 is 11.9 Å². The van der Waals surface area contributed by atoms with Crippen LogP contribution in [0.3, 0.4) is 0 Å².